The summed E-state index contributed by atoms with van der Waals surface area (Å²) in [5, 5.41) is 23.2. The Labute approximate surface area is 112 Å². The van der Waals surface area contributed by atoms with Gasteiger partial charge in [-0.25, -0.2) is 0 Å². The number of rotatable bonds is 4. The molecule has 0 amide bonds. The molecule has 1 fully saturated rings. The second kappa shape index (κ2) is 5.89. The van der Waals surface area contributed by atoms with Crippen molar-refractivity contribution in [2.45, 2.75) is 24.9 Å². The van der Waals surface area contributed by atoms with Crippen molar-refractivity contribution < 1.29 is 14.9 Å². The molecule has 1 saturated heterocycles. The van der Waals surface area contributed by atoms with Crippen LogP contribution in [0, 0.1) is 0 Å². The van der Waals surface area contributed by atoms with Crippen molar-refractivity contribution in [3.8, 4) is 5.75 Å². The maximum Gasteiger partial charge on any atom is 0.120 e. The lowest BCUT2D eigenvalue weighted by Gasteiger charge is -2.36. The Hall–Kier alpha value is -0.810. The van der Waals surface area contributed by atoms with Gasteiger partial charge in [-0.3, -0.25) is 0 Å². The van der Waals surface area contributed by atoms with Gasteiger partial charge in [-0.05, 0) is 31.0 Å². The molecule has 1 aliphatic heterocycles. The molecule has 5 heteroatoms. The minimum absolute atomic E-state index is 0.0672. The number of aliphatic hydroxyl groups excluding tert-OH is 1. The van der Waals surface area contributed by atoms with Crippen LogP contribution >= 0.6 is 11.6 Å². The molecule has 1 aromatic rings. The Morgan fingerprint density at radius 1 is 1.33 bits per heavy atom. The Morgan fingerprint density at radius 2 is 2.06 bits per heavy atom. The van der Waals surface area contributed by atoms with E-state index < -0.39 is 0 Å². The van der Waals surface area contributed by atoms with E-state index in [4.69, 9.17) is 16.3 Å². The predicted molar refractivity (Wildman–Crippen MR) is 69.8 cm³/mol. The third-order valence-corrected chi connectivity index (χ3v) is 3.68. The van der Waals surface area contributed by atoms with Crippen molar-refractivity contribution >= 4 is 11.6 Å². The average molecular weight is 272 g/mol. The van der Waals surface area contributed by atoms with E-state index in [1.54, 1.807) is 18.2 Å². The van der Waals surface area contributed by atoms with Crippen LogP contribution in [-0.2, 0) is 11.3 Å². The number of ether oxygens (including phenoxy) is 1. The minimum Gasteiger partial charge on any atom is -0.508 e. The Bertz CT molecular complexity index is 405. The molecule has 2 rings (SSSR count). The van der Waals surface area contributed by atoms with E-state index in [0.717, 1.165) is 18.4 Å². The SMILES string of the molecule is OCC1(NCc2cc(Cl)ccc2O)CCOCC1. The molecule has 0 radical (unpaired) electrons. The highest BCUT2D eigenvalue weighted by Gasteiger charge is 2.31. The zero-order chi connectivity index (χ0) is 13.0. The molecule has 0 spiro atoms. The number of phenols is 1. The Morgan fingerprint density at radius 3 is 2.72 bits per heavy atom. The number of halogens is 1. The molecule has 3 N–H and O–H groups in total. The lowest BCUT2D eigenvalue weighted by molar-refractivity contribution is 0.0111. The number of nitrogens with one attached hydrogen (secondary N) is 1. The van der Waals surface area contributed by atoms with E-state index in [1.165, 1.54) is 0 Å². The molecular weight excluding hydrogens is 254 g/mol. The predicted octanol–water partition coefficient (Wildman–Crippen LogP) is 1.68. The Kier molecular flexibility index (Phi) is 4.45. The van der Waals surface area contributed by atoms with Crippen LogP contribution in [0.2, 0.25) is 5.02 Å². The summed E-state index contributed by atoms with van der Waals surface area (Å²) in [4.78, 5) is 0. The number of hydrogen-bond acceptors (Lipinski definition) is 4. The molecule has 0 aromatic heterocycles. The summed E-state index contributed by atoms with van der Waals surface area (Å²) in [5.74, 6) is 0.215. The number of aliphatic hydroxyl groups is 1. The van der Waals surface area contributed by atoms with E-state index in [0.29, 0.717) is 24.8 Å². The van der Waals surface area contributed by atoms with Crippen LogP contribution in [0.4, 0.5) is 0 Å². The summed E-state index contributed by atoms with van der Waals surface area (Å²) in [7, 11) is 0. The summed E-state index contributed by atoms with van der Waals surface area (Å²) in [6.45, 7) is 1.84. The molecule has 1 aliphatic rings. The molecule has 4 nitrogen and oxygen atoms in total. The van der Waals surface area contributed by atoms with Gasteiger partial charge in [0, 0.05) is 35.9 Å². The van der Waals surface area contributed by atoms with Gasteiger partial charge in [0.2, 0.25) is 0 Å². The summed E-state index contributed by atoms with van der Waals surface area (Å²) in [6.07, 6.45) is 1.54. The number of aromatic hydroxyl groups is 1. The fourth-order valence-electron chi connectivity index (χ4n) is 2.13. The smallest absolute Gasteiger partial charge is 0.120 e. The van der Waals surface area contributed by atoms with Crippen molar-refractivity contribution in [2.24, 2.45) is 0 Å². The monoisotopic (exact) mass is 271 g/mol. The second-order valence-electron chi connectivity index (χ2n) is 4.68. The highest BCUT2D eigenvalue weighted by molar-refractivity contribution is 6.30. The van der Waals surface area contributed by atoms with E-state index in [-0.39, 0.29) is 17.9 Å². The highest BCUT2D eigenvalue weighted by Crippen LogP contribution is 2.24. The quantitative estimate of drug-likeness (QED) is 0.780. The molecule has 0 saturated carbocycles. The van der Waals surface area contributed by atoms with Crippen molar-refractivity contribution in [1.29, 1.82) is 0 Å². The average Bonchev–Trinajstić information content (AvgIpc) is 2.41. The van der Waals surface area contributed by atoms with Crippen LogP contribution in [0.3, 0.4) is 0 Å². The molecule has 0 bridgehead atoms. The summed E-state index contributed by atoms with van der Waals surface area (Å²) < 4.78 is 5.30. The van der Waals surface area contributed by atoms with Gasteiger partial charge in [0.25, 0.3) is 0 Å². The van der Waals surface area contributed by atoms with E-state index in [9.17, 15) is 10.2 Å². The number of benzene rings is 1. The fraction of sp³-hybridized carbons (Fsp3) is 0.538. The topological polar surface area (TPSA) is 61.7 Å². The summed E-state index contributed by atoms with van der Waals surface area (Å²) in [5.41, 5.74) is 0.425. The minimum atomic E-state index is -0.312. The summed E-state index contributed by atoms with van der Waals surface area (Å²) >= 11 is 5.90. The molecule has 0 unspecified atom stereocenters. The zero-order valence-corrected chi connectivity index (χ0v) is 10.9. The van der Waals surface area contributed by atoms with E-state index >= 15 is 0 Å². The van der Waals surface area contributed by atoms with Crippen molar-refractivity contribution in [1.82, 2.24) is 5.32 Å². The molecule has 0 atom stereocenters. The van der Waals surface area contributed by atoms with Crippen LogP contribution in [-0.4, -0.2) is 35.6 Å². The number of phenolic OH excluding ortho intramolecular Hbond substituents is 1. The molecule has 1 aromatic carbocycles. The van der Waals surface area contributed by atoms with Gasteiger partial charge in [0.15, 0.2) is 0 Å². The molecule has 18 heavy (non-hydrogen) atoms. The van der Waals surface area contributed by atoms with Gasteiger partial charge < -0.3 is 20.3 Å². The largest absolute Gasteiger partial charge is 0.508 e. The lowest BCUT2D eigenvalue weighted by atomic mass is 9.90. The maximum atomic E-state index is 9.74. The van der Waals surface area contributed by atoms with Crippen LogP contribution in [0.15, 0.2) is 18.2 Å². The van der Waals surface area contributed by atoms with Crippen molar-refractivity contribution in [3.05, 3.63) is 28.8 Å². The molecule has 1 heterocycles. The van der Waals surface area contributed by atoms with Crippen molar-refractivity contribution in [3.63, 3.8) is 0 Å². The van der Waals surface area contributed by atoms with Crippen LogP contribution in [0.5, 0.6) is 5.75 Å². The first-order valence-corrected chi connectivity index (χ1v) is 6.44. The third-order valence-electron chi connectivity index (χ3n) is 3.45. The van der Waals surface area contributed by atoms with Gasteiger partial charge in [-0.15, -0.1) is 0 Å². The van der Waals surface area contributed by atoms with Gasteiger partial charge in [-0.2, -0.15) is 0 Å². The van der Waals surface area contributed by atoms with Gasteiger partial charge in [0.05, 0.1) is 6.61 Å². The van der Waals surface area contributed by atoms with Gasteiger partial charge in [-0.1, -0.05) is 11.6 Å². The molecular formula is C13H18ClNO3. The van der Waals surface area contributed by atoms with Crippen molar-refractivity contribution in [2.75, 3.05) is 19.8 Å². The summed E-state index contributed by atoms with van der Waals surface area (Å²) in [6, 6.07) is 4.96. The maximum absolute atomic E-state index is 9.74. The van der Waals surface area contributed by atoms with Crippen LogP contribution in [0.25, 0.3) is 0 Å². The van der Waals surface area contributed by atoms with Crippen LogP contribution < -0.4 is 5.32 Å². The van der Waals surface area contributed by atoms with Crippen LogP contribution in [0.1, 0.15) is 18.4 Å². The first-order chi connectivity index (χ1) is 8.65. The van der Waals surface area contributed by atoms with E-state index in [1.807, 2.05) is 0 Å². The zero-order valence-electron chi connectivity index (χ0n) is 10.2. The molecule has 100 valence electrons. The molecule has 0 aliphatic carbocycles. The normalized spacial score (nSPS) is 18.8. The Balaban J connectivity index is 2.03. The first-order valence-electron chi connectivity index (χ1n) is 6.06. The number of hydrogen-bond donors (Lipinski definition) is 3. The van der Waals surface area contributed by atoms with Gasteiger partial charge in [0.1, 0.15) is 5.75 Å². The van der Waals surface area contributed by atoms with Gasteiger partial charge >= 0.3 is 0 Å². The fourth-order valence-corrected chi connectivity index (χ4v) is 2.33. The van der Waals surface area contributed by atoms with E-state index in [2.05, 4.69) is 5.32 Å². The standard InChI is InChI=1S/C13H18ClNO3/c14-11-1-2-12(17)10(7-11)8-15-13(9-16)3-5-18-6-4-13/h1-2,7,15-17H,3-6,8-9H2. The highest BCUT2D eigenvalue weighted by atomic mass is 35.5. The first kappa shape index (κ1) is 13.6. The second-order valence-corrected chi connectivity index (χ2v) is 5.11. The third kappa shape index (κ3) is 3.14. The lowest BCUT2D eigenvalue weighted by Crippen LogP contribution is -2.51.